The molecular formula is C13H15I. The molecule has 0 aromatic heterocycles. The summed E-state index contributed by atoms with van der Waals surface area (Å²) in [6, 6.07) is 6.88. The Morgan fingerprint density at radius 3 is 2.79 bits per heavy atom. The van der Waals surface area contributed by atoms with Crippen LogP contribution in [0, 0.1) is 3.57 Å². The molecule has 1 heteroatoms. The summed E-state index contributed by atoms with van der Waals surface area (Å²) in [5.41, 5.74) is 2.96. The van der Waals surface area contributed by atoms with Gasteiger partial charge in [-0.15, -0.1) is 6.58 Å². The molecule has 0 radical (unpaired) electrons. The average Bonchev–Trinajstić information content (AvgIpc) is 3.01. The quantitative estimate of drug-likeness (QED) is 0.571. The summed E-state index contributed by atoms with van der Waals surface area (Å²) < 4.78 is 1.36. The molecule has 1 saturated carbocycles. The molecule has 0 spiro atoms. The third kappa shape index (κ3) is 2.02. The van der Waals surface area contributed by atoms with Crippen LogP contribution in [-0.4, -0.2) is 0 Å². The third-order valence-electron chi connectivity index (χ3n) is 2.91. The van der Waals surface area contributed by atoms with Gasteiger partial charge in [0.15, 0.2) is 0 Å². The smallest absolute Gasteiger partial charge is 0.0168 e. The highest BCUT2D eigenvalue weighted by molar-refractivity contribution is 14.1. The highest BCUT2D eigenvalue weighted by Crippen LogP contribution is 2.41. The Labute approximate surface area is 99.6 Å². The molecule has 1 aromatic rings. The van der Waals surface area contributed by atoms with Crippen LogP contribution in [0.4, 0.5) is 0 Å². The van der Waals surface area contributed by atoms with Gasteiger partial charge in [0, 0.05) is 3.57 Å². The predicted molar refractivity (Wildman–Crippen MR) is 69.7 cm³/mol. The van der Waals surface area contributed by atoms with E-state index in [1.165, 1.54) is 27.5 Å². The Balaban J connectivity index is 2.35. The molecule has 1 unspecified atom stereocenters. The molecule has 0 bridgehead atoms. The summed E-state index contributed by atoms with van der Waals surface area (Å²) in [5, 5.41) is 0. The maximum absolute atomic E-state index is 3.86. The molecule has 1 aromatic carbocycles. The molecule has 14 heavy (non-hydrogen) atoms. The highest BCUT2D eigenvalue weighted by atomic mass is 127. The first-order chi connectivity index (χ1) is 6.72. The van der Waals surface area contributed by atoms with Gasteiger partial charge in [-0.05, 0) is 64.5 Å². The van der Waals surface area contributed by atoms with Crippen molar-refractivity contribution >= 4 is 22.6 Å². The van der Waals surface area contributed by atoms with Gasteiger partial charge < -0.3 is 0 Å². The molecule has 0 N–H and O–H groups in total. The molecule has 0 nitrogen and oxygen atoms in total. The van der Waals surface area contributed by atoms with E-state index in [0.29, 0.717) is 5.92 Å². The second-order valence-electron chi connectivity index (χ2n) is 4.08. The van der Waals surface area contributed by atoms with Crippen molar-refractivity contribution < 1.29 is 0 Å². The second kappa shape index (κ2) is 4.05. The zero-order valence-electron chi connectivity index (χ0n) is 8.46. The number of rotatable bonds is 3. The maximum atomic E-state index is 3.86. The van der Waals surface area contributed by atoms with E-state index in [0.717, 1.165) is 5.92 Å². The molecule has 0 aliphatic heterocycles. The topological polar surface area (TPSA) is 0 Å². The summed E-state index contributed by atoms with van der Waals surface area (Å²) in [6.07, 6.45) is 4.78. The lowest BCUT2D eigenvalue weighted by molar-refractivity contribution is 0.951. The van der Waals surface area contributed by atoms with Crippen molar-refractivity contribution in [1.29, 1.82) is 0 Å². The minimum atomic E-state index is 0.473. The van der Waals surface area contributed by atoms with Gasteiger partial charge in [-0.3, -0.25) is 0 Å². The fourth-order valence-electron chi connectivity index (χ4n) is 1.71. The van der Waals surface area contributed by atoms with Crippen molar-refractivity contribution in [3.63, 3.8) is 0 Å². The lowest BCUT2D eigenvalue weighted by Gasteiger charge is -2.11. The Bertz CT molecular complexity index is 350. The predicted octanol–water partition coefficient (Wildman–Crippen LogP) is 4.46. The van der Waals surface area contributed by atoms with Gasteiger partial charge in [-0.2, -0.15) is 0 Å². The van der Waals surface area contributed by atoms with E-state index < -0.39 is 0 Å². The minimum Gasteiger partial charge on any atom is -0.102 e. The Hall–Kier alpha value is -0.310. The monoisotopic (exact) mass is 298 g/mol. The first-order valence-electron chi connectivity index (χ1n) is 5.14. The fraction of sp³-hybridized carbons (Fsp3) is 0.385. The summed E-state index contributed by atoms with van der Waals surface area (Å²) in [6.45, 7) is 6.07. The van der Waals surface area contributed by atoms with Crippen LogP contribution in [-0.2, 0) is 0 Å². The van der Waals surface area contributed by atoms with Crippen molar-refractivity contribution in [3.05, 3.63) is 45.6 Å². The average molecular weight is 298 g/mol. The largest absolute Gasteiger partial charge is 0.102 e. The molecule has 1 fully saturated rings. The molecule has 1 atom stereocenters. The lowest BCUT2D eigenvalue weighted by atomic mass is 9.98. The van der Waals surface area contributed by atoms with Crippen molar-refractivity contribution in [1.82, 2.24) is 0 Å². The number of hydrogen-bond acceptors (Lipinski definition) is 0. The van der Waals surface area contributed by atoms with Gasteiger partial charge in [-0.25, -0.2) is 0 Å². The van der Waals surface area contributed by atoms with Crippen molar-refractivity contribution in [3.8, 4) is 0 Å². The first kappa shape index (κ1) is 10.2. The molecule has 0 amide bonds. The SMILES string of the molecule is C=CC(C)c1cc(C2CC2)ccc1I. The first-order valence-corrected chi connectivity index (χ1v) is 6.22. The van der Waals surface area contributed by atoms with Crippen LogP contribution in [0.2, 0.25) is 0 Å². The van der Waals surface area contributed by atoms with Gasteiger partial charge in [0.2, 0.25) is 0 Å². The number of benzene rings is 1. The van der Waals surface area contributed by atoms with Gasteiger partial charge in [0.05, 0.1) is 0 Å². The lowest BCUT2D eigenvalue weighted by Crippen LogP contribution is -1.94. The molecule has 2 rings (SSSR count). The minimum absolute atomic E-state index is 0.473. The number of halogens is 1. The van der Waals surface area contributed by atoms with Crippen LogP contribution in [0.25, 0.3) is 0 Å². The van der Waals surface area contributed by atoms with Crippen LogP contribution in [0.5, 0.6) is 0 Å². The second-order valence-corrected chi connectivity index (χ2v) is 5.24. The third-order valence-corrected chi connectivity index (χ3v) is 3.90. The van der Waals surface area contributed by atoms with Crippen LogP contribution in [0.15, 0.2) is 30.9 Å². The zero-order chi connectivity index (χ0) is 10.1. The Kier molecular flexibility index (Phi) is 2.96. The summed E-state index contributed by atoms with van der Waals surface area (Å²) in [5.74, 6) is 1.32. The zero-order valence-corrected chi connectivity index (χ0v) is 10.6. The highest BCUT2D eigenvalue weighted by Gasteiger charge is 2.24. The van der Waals surface area contributed by atoms with Crippen LogP contribution >= 0.6 is 22.6 Å². The van der Waals surface area contributed by atoms with E-state index in [1.807, 2.05) is 6.08 Å². The molecule has 0 heterocycles. The van der Waals surface area contributed by atoms with Crippen molar-refractivity contribution in [2.24, 2.45) is 0 Å². The van der Waals surface area contributed by atoms with Crippen molar-refractivity contribution in [2.75, 3.05) is 0 Å². The maximum Gasteiger partial charge on any atom is 0.0168 e. The Morgan fingerprint density at radius 1 is 1.50 bits per heavy atom. The van der Waals surface area contributed by atoms with E-state index in [4.69, 9.17) is 0 Å². The summed E-state index contributed by atoms with van der Waals surface area (Å²) >= 11 is 2.41. The van der Waals surface area contributed by atoms with E-state index in [9.17, 15) is 0 Å². The van der Waals surface area contributed by atoms with E-state index in [-0.39, 0.29) is 0 Å². The van der Waals surface area contributed by atoms with Gasteiger partial charge in [0.1, 0.15) is 0 Å². The van der Waals surface area contributed by atoms with Gasteiger partial charge in [-0.1, -0.05) is 25.1 Å². The number of hydrogen-bond donors (Lipinski definition) is 0. The van der Waals surface area contributed by atoms with Crippen LogP contribution in [0.1, 0.15) is 42.7 Å². The van der Waals surface area contributed by atoms with Gasteiger partial charge in [0.25, 0.3) is 0 Å². The van der Waals surface area contributed by atoms with Crippen molar-refractivity contribution in [2.45, 2.75) is 31.6 Å². The number of allylic oxidation sites excluding steroid dienone is 1. The summed E-state index contributed by atoms with van der Waals surface area (Å²) in [4.78, 5) is 0. The van der Waals surface area contributed by atoms with E-state index >= 15 is 0 Å². The normalized spacial score (nSPS) is 17.9. The molecule has 1 aliphatic rings. The fourth-order valence-corrected chi connectivity index (χ4v) is 2.54. The van der Waals surface area contributed by atoms with E-state index in [1.54, 1.807) is 0 Å². The molecule has 0 saturated heterocycles. The van der Waals surface area contributed by atoms with Gasteiger partial charge >= 0.3 is 0 Å². The Morgan fingerprint density at radius 2 is 2.21 bits per heavy atom. The molecule has 1 aliphatic carbocycles. The summed E-state index contributed by atoms with van der Waals surface area (Å²) in [7, 11) is 0. The molecule has 74 valence electrons. The molecular weight excluding hydrogens is 283 g/mol. The standard InChI is InChI=1S/C13H15I/c1-3-9(2)12-8-11(10-4-5-10)6-7-13(12)14/h3,6-10H,1,4-5H2,2H3. The van der Waals surface area contributed by atoms with Crippen LogP contribution in [0.3, 0.4) is 0 Å². The van der Waals surface area contributed by atoms with E-state index in [2.05, 4.69) is 54.3 Å². The van der Waals surface area contributed by atoms with Crippen LogP contribution < -0.4 is 0 Å².